The molecule has 0 aliphatic rings. The first-order valence-electron chi connectivity index (χ1n) is 22.6. The van der Waals surface area contributed by atoms with Crippen molar-refractivity contribution in [3.8, 4) is 28.3 Å². The van der Waals surface area contributed by atoms with Crippen molar-refractivity contribution in [3.63, 3.8) is 0 Å². The van der Waals surface area contributed by atoms with E-state index in [0.29, 0.717) is 11.3 Å². The van der Waals surface area contributed by atoms with E-state index in [1.807, 2.05) is 24.3 Å². The second kappa shape index (κ2) is 16.7. The molecule has 10 rings (SSSR count). The topological polar surface area (TPSA) is 34.6 Å². The maximum absolute atomic E-state index is 9.87. The average molecular weight is 883 g/mol. The molecule has 318 valence electrons. The fourth-order valence-corrected chi connectivity index (χ4v) is 11.8. The molecular weight excluding hydrogens is 833 g/mol. The molecule has 0 aliphatic heterocycles. The van der Waals surface area contributed by atoms with E-state index in [1.165, 1.54) is 43.0 Å². The van der Waals surface area contributed by atoms with Crippen molar-refractivity contribution in [1.29, 1.82) is 5.26 Å². The lowest BCUT2D eigenvalue weighted by atomic mass is 9.91. The zero-order chi connectivity index (χ0) is 45.7. The Hall–Kier alpha value is -7.75. The summed E-state index contributed by atoms with van der Waals surface area (Å²) >= 11 is 0. The van der Waals surface area contributed by atoms with E-state index >= 15 is 0 Å². The number of hydrogen-bond donors (Lipinski definition) is 0. The fraction of sp³-hybridized carbons (Fsp3) is 0.100. The molecule has 0 fully saturated rings. The first kappa shape index (κ1) is 42.2. The van der Waals surface area contributed by atoms with Crippen LogP contribution in [0.1, 0.15) is 5.56 Å². The molecule has 0 saturated carbocycles. The number of benzene rings is 10. The highest BCUT2D eigenvalue weighted by molar-refractivity contribution is 6.89. The lowest BCUT2D eigenvalue weighted by Crippen LogP contribution is -2.37. The Labute approximate surface area is 390 Å². The first-order chi connectivity index (χ1) is 31.9. The Kier molecular flexibility index (Phi) is 10.7. The molecule has 0 N–H and O–H groups in total. The number of hydrogen-bond acceptors (Lipinski definition) is 3. The van der Waals surface area contributed by atoms with Gasteiger partial charge in [-0.15, -0.1) is 0 Å². The van der Waals surface area contributed by atoms with Crippen LogP contribution in [0.25, 0.3) is 59.4 Å². The number of rotatable bonds is 10. The van der Waals surface area contributed by atoms with Gasteiger partial charge in [-0.25, -0.2) is 4.85 Å². The largest absolute Gasteiger partial charge is 0.309 e. The van der Waals surface area contributed by atoms with E-state index in [4.69, 9.17) is 6.57 Å². The van der Waals surface area contributed by atoms with Crippen molar-refractivity contribution in [3.05, 3.63) is 211 Å². The minimum Gasteiger partial charge on any atom is -0.309 e. The second-order valence-electron chi connectivity index (χ2n) is 19.2. The van der Waals surface area contributed by atoms with Gasteiger partial charge >= 0.3 is 0 Å². The van der Waals surface area contributed by atoms with Gasteiger partial charge in [0, 0.05) is 33.3 Å². The smallest absolute Gasteiger partial charge is 0.187 e. The van der Waals surface area contributed by atoms with Crippen LogP contribution in [0.2, 0.25) is 39.3 Å². The highest BCUT2D eigenvalue weighted by atomic mass is 28.3. The minimum absolute atomic E-state index is 0.608. The van der Waals surface area contributed by atoms with Crippen molar-refractivity contribution in [1.82, 2.24) is 0 Å². The normalized spacial score (nSPS) is 11.8. The van der Waals surface area contributed by atoms with Crippen LogP contribution in [0.3, 0.4) is 0 Å². The third kappa shape index (κ3) is 7.61. The van der Waals surface area contributed by atoms with E-state index < -0.39 is 16.1 Å². The molecule has 0 heterocycles. The molecule has 66 heavy (non-hydrogen) atoms. The highest BCUT2D eigenvalue weighted by Crippen LogP contribution is 2.50. The molecule has 10 aromatic carbocycles. The molecule has 0 atom stereocenters. The van der Waals surface area contributed by atoms with Crippen molar-refractivity contribution in [2.45, 2.75) is 39.3 Å². The van der Waals surface area contributed by atoms with Crippen LogP contribution in [0, 0.1) is 17.9 Å². The number of anilines is 6. The van der Waals surface area contributed by atoms with Gasteiger partial charge < -0.3 is 9.80 Å². The molecule has 0 spiro atoms. The SMILES string of the molecule is [C-]#[N+]c1ccc(N(c2ccc([Si](C)(C)C)cc2-c2ccccc2)c2ccc3ccc4c(N(c5ccc(C#N)cc5)c5ccc([Si](C)(C)C)cc5-c5ccccc5)ccc5ccc2c3c54)cc1. The molecule has 0 saturated heterocycles. The van der Waals surface area contributed by atoms with Crippen LogP contribution < -0.4 is 20.2 Å². The molecule has 0 aromatic heterocycles. The summed E-state index contributed by atoms with van der Waals surface area (Å²) < 4.78 is 0. The van der Waals surface area contributed by atoms with E-state index in [2.05, 4.69) is 230 Å². The molecule has 10 aromatic rings. The van der Waals surface area contributed by atoms with E-state index in [1.54, 1.807) is 0 Å². The van der Waals surface area contributed by atoms with Crippen LogP contribution in [0.4, 0.5) is 39.8 Å². The molecule has 0 unspecified atom stereocenters. The third-order valence-electron chi connectivity index (χ3n) is 13.0. The monoisotopic (exact) mass is 882 g/mol. The van der Waals surface area contributed by atoms with E-state index in [0.717, 1.165) is 56.0 Å². The summed E-state index contributed by atoms with van der Waals surface area (Å²) in [7, 11) is -3.37. The Bertz CT molecular complexity index is 3270. The molecule has 6 heteroatoms. The maximum Gasteiger partial charge on any atom is 0.187 e. The van der Waals surface area contributed by atoms with Gasteiger partial charge in [-0.05, 0) is 93.3 Å². The molecule has 0 aliphatic carbocycles. The quantitative estimate of drug-likeness (QED) is 0.0780. The van der Waals surface area contributed by atoms with E-state index in [-0.39, 0.29) is 0 Å². The minimum atomic E-state index is -1.69. The molecule has 4 nitrogen and oxygen atoms in total. The summed E-state index contributed by atoms with van der Waals surface area (Å²) in [5.41, 5.74) is 12.1. The Balaban J connectivity index is 1.25. The standard InChI is InChI=1S/C60H50N4Si2/c1-62-46-24-28-48(29-25-46)64(58-37-31-50(66(5,6)7)39-54(58)43-16-12-9-13-17-43)56-35-23-45-20-32-51-55(34-22-44-21-33-52(56)60(45)59(44)51)63(47-26-18-41(40-61)19-27-47)57-36-30-49(65(2,3)4)38-53(57)42-14-10-8-11-15-42/h8-39H,2-7H3. The molecule has 0 radical (unpaired) electrons. The molecule has 0 amide bonds. The number of nitriles is 1. The zero-order valence-electron chi connectivity index (χ0n) is 38.3. The van der Waals surface area contributed by atoms with E-state index in [9.17, 15) is 5.26 Å². The lowest BCUT2D eigenvalue weighted by Gasteiger charge is -2.32. The molecule has 0 bridgehead atoms. The summed E-state index contributed by atoms with van der Waals surface area (Å²) in [4.78, 5) is 8.54. The van der Waals surface area contributed by atoms with Crippen molar-refractivity contribution in [2.24, 2.45) is 0 Å². The summed E-state index contributed by atoms with van der Waals surface area (Å²) in [6, 6.07) is 72.1. The average Bonchev–Trinajstić information content (AvgIpc) is 3.34. The summed E-state index contributed by atoms with van der Waals surface area (Å²) in [5.74, 6) is 0. The predicted molar refractivity (Wildman–Crippen MR) is 287 cm³/mol. The van der Waals surface area contributed by atoms with Gasteiger partial charge in [-0.1, -0.05) is 183 Å². The lowest BCUT2D eigenvalue weighted by molar-refractivity contribution is 1.30. The first-order valence-corrected chi connectivity index (χ1v) is 29.6. The van der Waals surface area contributed by atoms with Crippen LogP contribution in [-0.4, -0.2) is 16.1 Å². The number of nitrogens with zero attached hydrogens (tertiary/aromatic N) is 4. The van der Waals surface area contributed by atoms with Gasteiger partial charge in [0.25, 0.3) is 0 Å². The van der Waals surface area contributed by atoms with Gasteiger partial charge in [-0.3, -0.25) is 0 Å². The van der Waals surface area contributed by atoms with Gasteiger partial charge in [0.05, 0.1) is 57.1 Å². The van der Waals surface area contributed by atoms with Crippen LogP contribution in [0.15, 0.2) is 194 Å². The highest BCUT2D eigenvalue weighted by Gasteiger charge is 2.27. The fourth-order valence-electron chi connectivity index (χ4n) is 9.43. The second-order valence-corrected chi connectivity index (χ2v) is 29.4. The summed E-state index contributed by atoms with van der Waals surface area (Å²) in [6.07, 6.45) is 0. The van der Waals surface area contributed by atoms with Crippen molar-refractivity contribution >= 4 is 98.7 Å². The Morgan fingerprint density at radius 3 is 1.23 bits per heavy atom. The van der Waals surface area contributed by atoms with Crippen LogP contribution in [0.5, 0.6) is 0 Å². The Morgan fingerprint density at radius 2 is 0.833 bits per heavy atom. The third-order valence-corrected chi connectivity index (χ3v) is 17.1. The van der Waals surface area contributed by atoms with Gasteiger partial charge in [0.15, 0.2) is 5.69 Å². The predicted octanol–water partition coefficient (Wildman–Crippen LogP) is 16.4. The maximum atomic E-state index is 9.87. The summed E-state index contributed by atoms with van der Waals surface area (Å²) in [5, 5.41) is 19.7. The summed E-state index contributed by atoms with van der Waals surface area (Å²) in [6.45, 7) is 22.2. The van der Waals surface area contributed by atoms with Crippen molar-refractivity contribution in [2.75, 3.05) is 9.80 Å². The van der Waals surface area contributed by atoms with Crippen LogP contribution in [-0.2, 0) is 0 Å². The van der Waals surface area contributed by atoms with Crippen LogP contribution >= 0.6 is 0 Å². The Morgan fingerprint density at radius 1 is 0.439 bits per heavy atom. The molecular formula is C60H50N4Si2. The van der Waals surface area contributed by atoms with Gasteiger partial charge in [0.2, 0.25) is 0 Å². The van der Waals surface area contributed by atoms with Crippen molar-refractivity contribution < 1.29 is 0 Å². The van der Waals surface area contributed by atoms with Gasteiger partial charge in [-0.2, -0.15) is 5.26 Å². The zero-order valence-corrected chi connectivity index (χ0v) is 40.3. The van der Waals surface area contributed by atoms with Gasteiger partial charge in [0.1, 0.15) is 0 Å².